The lowest BCUT2D eigenvalue weighted by Gasteiger charge is -2.10. The fraction of sp³-hybridized carbons (Fsp3) is 0.0833. The van der Waals surface area contributed by atoms with Gasteiger partial charge in [-0.25, -0.2) is 9.97 Å². The Labute approximate surface area is 180 Å². The Bertz CT molecular complexity index is 1190. The van der Waals surface area contributed by atoms with Crippen molar-refractivity contribution in [2.75, 3.05) is 16.4 Å². The number of nitrogens with two attached hydrogens (primary N) is 1. The van der Waals surface area contributed by atoms with E-state index in [2.05, 4.69) is 25.6 Å². The molecule has 7 nitrogen and oxygen atoms in total. The van der Waals surface area contributed by atoms with Crippen LogP contribution >= 0.6 is 0 Å². The summed E-state index contributed by atoms with van der Waals surface area (Å²) < 4.78 is 0. The second-order valence-electron chi connectivity index (χ2n) is 7.10. The van der Waals surface area contributed by atoms with E-state index >= 15 is 0 Å². The summed E-state index contributed by atoms with van der Waals surface area (Å²) in [5.41, 5.74) is 11.5. The van der Waals surface area contributed by atoms with Gasteiger partial charge in [-0.2, -0.15) is 0 Å². The monoisotopic (exact) mass is 410 g/mol. The zero-order valence-electron chi connectivity index (χ0n) is 17.0. The number of amides is 1. The quantitative estimate of drug-likeness (QED) is 0.409. The lowest BCUT2D eigenvalue weighted by molar-refractivity contribution is 0.102. The third-order valence-electron chi connectivity index (χ3n) is 4.73. The maximum atomic E-state index is 12.5. The topological polar surface area (TPSA) is 106 Å². The molecule has 4 N–H and O–H groups in total. The van der Waals surface area contributed by atoms with Crippen LogP contribution in [0.25, 0.3) is 11.3 Å². The molecule has 0 bridgehead atoms. The minimum atomic E-state index is -0.206. The smallest absolute Gasteiger partial charge is 0.255 e. The number of pyridine rings is 1. The van der Waals surface area contributed by atoms with E-state index in [1.165, 1.54) is 0 Å². The van der Waals surface area contributed by atoms with Gasteiger partial charge in [-0.05, 0) is 60.5 Å². The Morgan fingerprint density at radius 1 is 1.03 bits per heavy atom. The Kier molecular flexibility index (Phi) is 5.84. The van der Waals surface area contributed by atoms with Gasteiger partial charge in [0.2, 0.25) is 5.95 Å². The molecule has 4 rings (SSSR count). The molecule has 0 radical (unpaired) electrons. The second kappa shape index (κ2) is 9.04. The van der Waals surface area contributed by atoms with E-state index in [0.717, 1.165) is 22.4 Å². The lowest BCUT2D eigenvalue weighted by Crippen LogP contribution is -2.13. The van der Waals surface area contributed by atoms with Crippen molar-refractivity contribution in [3.63, 3.8) is 0 Å². The van der Waals surface area contributed by atoms with Gasteiger partial charge in [0.15, 0.2) is 0 Å². The van der Waals surface area contributed by atoms with Crippen molar-refractivity contribution in [1.82, 2.24) is 15.0 Å². The molecule has 31 heavy (non-hydrogen) atoms. The summed E-state index contributed by atoms with van der Waals surface area (Å²) in [5.74, 6) is 0.320. The van der Waals surface area contributed by atoms with Crippen molar-refractivity contribution >= 4 is 23.2 Å². The van der Waals surface area contributed by atoms with Gasteiger partial charge in [-0.15, -0.1) is 0 Å². The molecule has 2 aromatic heterocycles. The zero-order chi connectivity index (χ0) is 21.6. The first-order chi connectivity index (χ1) is 15.1. The number of nitrogens with zero attached hydrogens (tertiary/aromatic N) is 3. The number of hydrogen-bond donors (Lipinski definition) is 3. The van der Waals surface area contributed by atoms with E-state index in [-0.39, 0.29) is 5.91 Å². The van der Waals surface area contributed by atoms with Gasteiger partial charge in [-0.1, -0.05) is 18.2 Å². The molecule has 1 amide bonds. The molecule has 0 atom stereocenters. The number of carbonyl (C=O) groups excluding carboxylic acids is 1. The largest absolute Gasteiger partial charge is 0.397 e. The minimum Gasteiger partial charge on any atom is -0.397 e. The van der Waals surface area contributed by atoms with Crippen LogP contribution in [0.4, 0.5) is 17.3 Å². The number of benzene rings is 2. The molecular formula is C24H22N6O. The predicted molar refractivity (Wildman–Crippen MR) is 123 cm³/mol. The van der Waals surface area contributed by atoms with E-state index < -0.39 is 0 Å². The van der Waals surface area contributed by atoms with E-state index in [4.69, 9.17) is 5.73 Å². The summed E-state index contributed by atoms with van der Waals surface area (Å²) in [7, 11) is 0. The molecule has 0 unspecified atom stereocenters. The summed E-state index contributed by atoms with van der Waals surface area (Å²) in [6, 6.07) is 18.6. The average Bonchev–Trinajstić information content (AvgIpc) is 2.80. The fourth-order valence-electron chi connectivity index (χ4n) is 3.06. The van der Waals surface area contributed by atoms with Crippen LogP contribution in [0, 0.1) is 6.92 Å². The first-order valence-electron chi connectivity index (χ1n) is 9.82. The first kappa shape index (κ1) is 20.0. The zero-order valence-corrected chi connectivity index (χ0v) is 17.0. The van der Waals surface area contributed by atoms with Crippen molar-refractivity contribution in [1.29, 1.82) is 0 Å². The fourth-order valence-corrected chi connectivity index (χ4v) is 3.06. The van der Waals surface area contributed by atoms with Gasteiger partial charge in [-0.3, -0.25) is 9.78 Å². The van der Waals surface area contributed by atoms with Crippen molar-refractivity contribution in [2.45, 2.75) is 13.5 Å². The Morgan fingerprint density at radius 2 is 1.87 bits per heavy atom. The number of aryl methyl sites for hydroxylation is 1. The highest BCUT2D eigenvalue weighted by Gasteiger charge is 2.09. The van der Waals surface area contributed by atoms with Crippen LogP contribution in [0.2, 0.25) is 0 Å². The van der Waals surface area contributed by atoms with Gasteiger partial charge in [0.05, 0.1) is 17.1 Å². The predicted octanol–water partition coefficient (Wildman–Crippen LogP) is 4.29. The Balaban J connectivity index is 1.38. The van der Waals surface area contributed by atoms with Gasteiger partial charge in [0.1, 0.15) is 0 Å². The van der Waals surface area contributed by atoms with Crippen molar-refractivity contribution in [2.24, 2.45) is 0 Å². The van der Waals surface area contributed by atoms with Gasteiger partial charge < -0.3 is 16.4 Å². The van der Waals surface area contributed by atoms with Crippen LogP contribution in [-0.2, 0) is 6.54 Å². The van der Waals surface area contributed by atoms with Crippen LogP contribution in [0.15, 0.2) is 79.3 Å². The third-order valence-corrected chi connectivity index (χ3v) is 4.73. The summed E-state index contributed by atoms with van der Waals surface area (Å²) in [6.07, 6.45) is 5.20. The number of carbonyl (C=O) groups is 1. The maximum Gasteiger partial charge on any atom is 0.255 e. The highest BCUT2D eigenvalue weighted by Crippen LogP contribution is 2.20. The molecule has 2 heterocycles. The van der Waals surface area contributed by atoms with E-state index in [0.29, 0.717) is 29.4 Å². The van der Waals surface area contributed by atoms with E-state index in [1.807, 2.05) is 49.4 Å². The van der Waals surface area contributed by atoms with E-state index in [9.17, 15) is 4.79 Å². The summed E-state index contributed by atoms with van der Waals surface area (Å²) in [4.78, 5) is 25.4. The molecular weight excluding hydrogens is 388 g/mol. The molecule has 154 valence electrons. The molecule has 0 aliphatic heterocycles. The van der Waals surface area contributed by atoms with Gasteiger partial charge in [0.25, 0.3) is 5.91 Å². The molecule has 0 saturated carbocycles. The van der Waals surface area contributed by atoms with Gasteiger partial charge in [0, 0.05) is 36.3 Å². The van der Waals surface area contributed by atoms with Crippen molar-refractivity contribution in [3.8, 4) is 11.3 Å². The second-order valence-corrected chi connectivity index (χ2v) is 7.10. The van der Waals surface area contributed by atoms with Crippen LogP contribution in [0.5, 0.6) is 0 Å². The number of aromatic nitrogens is 3. The molecule has 7 heteroatoms. The number of nitrogen functional groups attached to an aromatic ring is 1. The minimum absolute atomic E-state index is 0.206. The van der Waals surface area contributed by atoms with Crippen molar-refractivity contribution in [3.05, 3.63) is 95.9 Å². The number of rotatable bonds is 6. The molecule has 2 aromatic carbocycles. The maximum absolute atomic E-state index is 12.5. The first-order valence-corrected chi connectivity index (χ1v) is 9.82. The SMILES string of the molecule is Cc1ccc(NC(=O)c2ccc(CNc3nccc(-c4cccnc4)n3)cc2)c(N)c1. The normalized spacial score (nSPS) is 10.5. The summed E-state index contributed by atoms with van der Waals surface area (Å²) >= 11 is 0. The number of hydrogen-bond acceptors (Lipinski definition) is 6. The molecule has 0 aliphatic rings. The molecule has 0 aliphatic carbocycles. The third kappa shape index (κ3) is 5.02. The Hall–Kier alpha value is -4.26. The summed E-state index contributed by atoms with van der Waals surface area (Å²) in [6.45, 7) is 2.48. The molecule has 4 aromatic rings. The number of anilines is 3. The average molecular weight is 410 g/mol. The highest BCUT2D eigenvalue weighted by molar-refractivity contribution is 6.05. The standard InChI is InChI=1S/C24H22N6O/c1-16-4-9-22(20(25)13-16)29-23(31)18-7-5-17(6-8-18)14-28-24-27-12-10-21(30-24)19-3-2-11-26-15-19/h2-13,15H,14,25H2,1H3,(H,29,31)(H,27,28,30). The van der Waals surface area contributed by atoms with E-state index in [1.54, 1.807) is 36.8 Å². The highest BCUT2D eigenvalue weighted by atomic mass is 16.1. The van der Waals surface area contributed by atoms with Crippen LogP contribution < -0.4 is 16.4 Å². The molecule has 0 fully saturated rings. The molecule has 0 saturated heterocycles. The van der Waals surface area contributed by atoms with Crippen molar-refractivity contribution < 1.29 is 4.79 Å². The van der Waals surface area contributed by atoms with Crippen LogP contribution in [-0.4, -0.2) is 20.9 Å². The Morgan fingerprint density at radius 3 is 2.61 bits per heavy atom. The van der Waals surface area contributed by atoms with Crippen LogP contribution in [0.3, 0.4) is 0 Å². The summed E-state index contributed by atoms with van der Waals surface area (Å²) in [5, 5.41) is 6.06. The van der Waals surface area contributed by atoms with Gasteiger partial charge >= 0.3 is 0 Å². The lowest BCUT2D eigenvalue weighted by atomic mass is 10.1. The number of nitrogens with one attached hydrogen (secondary N) is 2. The molecule has 0 spiro atoms. The van der Waals surface area contributed by atoms with Crippen LogP contribution in [0.1, 0.15) is 21.5 Å².